The molecule has 18 heavy (non-hydrogen) atoms. The van der Waals surface area contributed by atoms with E-state index in [4.69, 9.17) is 5.73 Å². The van der Waals surface area contributed by atoms with E-state index < -0.39 is 0 Å². The van der Waals surface area contributed by atoms with E-state index in [1.807, 2.05) is 31.2 Å². The van der Waals surface area contributed by atoms with Crippen LogP contribution >= 0.6 is 11.8 Å². The molecule has 1 aromatic rings. The number of Topliss-reactive ketones (excluding diaryl/α,β-unsaturated/α-hetero) is 1. The van der Waals surface area contributed by atoms with Crippen LogP contribution < -0.4 is 5.73 Å². The van der Waals surface area contributed by atoms with Crippen molar-refractivity contribution in [3.63, 3.8) is 0 Å². The van der Waals surface area contributed by atoms with Crippen LogP contribution in [-0.4, -0.2) is 5.78 Å². The summed E-state index contributed by atoms with van der Waals surface area (Å²) in [5, 5.41) is 0.509. The highest BCUT2D eigenvalue weighted by Gasteiger charge is 2.08. The van der Waals surface area contributed by atoms with Gasteiger partial charge in [0.25, 0.3) is 0 Å². The van der Waals surface area contributed by atoms with Crippen LogP contribution in [-0.2, 0) is 4.79 Å². The van der Waals surface area contributed by atoms with Gasteiger partial charge in [-0.3, -0.25) is 4.79 Å². The Labute approximate surface area is 112 Å². The molecule has 0 spiro atoms. The summed E-state index contributed by atoms with van der Waals surface area (Å²) in [5.74, 6) is -0.0494. The fraction of sp³-hybridized carbons (Fsp3) is 0.133. The van der Waals surface area contributed by atoms with Crippen LogP contribution in [0.5, 0.6) is 0 Å². The summed E-state index contributed by atoms with van der Waals surface area (Å²) in [4.78, 5) is 12.6. The molecule has 1 rings (SSSR count). The molecule has 0 aliphatic carbocycles. The lowest BCUT2D eigenvalue weighted by molar-refractivity contribution is -0.113. The Hall–Kier alpha value is -1.74. The van der Waals surface area contributed by atoms with Crippen molar-refractivity contribution in [3.8, 4) is 0 Å². The van der Waals surface area contributed by atoms with Gasteiger partial charge < -0.3 is 5.73 Å². The average Bonchev–Trinajstić information content (AvgIpc) is 2.32. The maximum atomic E-state index is 11.5. The second kappa shape index (κ2) is 6.87. The van der Waals surface area contributed by atoms with Gasteiger partial charge in [0.15, 0.2) is 5.78 Å². The average molecular weight is 259 g/mol. The first-order valence-corrected chi connectivity index (χ1v) is 6.41. The summed E-state index contributed by atoms with van der Waals surface area (Å²) < 4.78 is 0. The molecule has 0 aliphatic heterocycles. The summed E-state index contributed by atoms with van der Waals surface area (Å²) >= 11 is 1.41. The van der Waals surface area contributed by atoms with E-state index in [2.05, 4.69) is 6.58 Å². The van der Waals surface area contributed by atoms with Crippen molar-refractivity contribution >= 4 is 17.5 Å². The SMILES string of the molecule is C=C/C=C\C(C(C)=O)=C(N)Sc1ccccc1C. The highest BCUT2D eigenvalue weighted by atomic mass is 32.2. The largest absolute Gasteiger partial charge is 0.393 e. The minimum absolute atomic E-state index is 0.0494. The maximum Gasteiger partial charge on any atom is 0.162 e. The number of hydrogen-bond acceptors (Lipinski definition) is 3. The predicted molar refractivity (Wildman–Crippen MR) is 78.3 cm³/mol. The van der Waals surface area contributed by atoms with Crippen molar-refractivity contribution < 1.29 is 4.79 Å². The molecule has 0 unspecified atom stereocenters. The Kier molecular flexibility index (Phi) is 5.46. The third kappa shape index (κ3) is 3.93. The lowest BCUT2D eigenvalue weighted by Gasteiger charge is -2.07. The van der Waals surface area contributed by atoms with Gasteiger partial charge in [-0.1, -0.05) is 48.7 Å². The summed E-state index contributed by atoms with van der Waals surface area (Å²) in [6.07, 6.45) is 5.02. The molecule has 0 aliphatic rings. The summed E-state index contributed by atoms with van der Waals surface area (Å²) in [5.41, 5.74) is 7.65. The van der Waals surface area contributed by atoms with Crippen molar-refractivity contribution in [3.05, 3.63) is 65.2 Å². The number of aryl methyl sites for hydroxylation is 1. The quantitative estimate of drug-likeness (QED) is 0.499. The smallest absolute Gasteiger partial charge is 0.162 e. The normalized spacial score (nSPS) is 12.3. The third-order valence-corrected chi connectivity index (χ3v) is 3.48. The standard InChI is InChI=1S/C15H17NOS/c1-4-5-9-13(12(3)17)15(16)18-14-10-7-6-8-11(14)2/h4-10H,1,16H2,2-3H3/b9-5-,15-13?. The number of allylic oxidation sites excluding steroid dienone is 4. The molecule has 3 heteroatoms. The fourth-order valence-corrected chi connectivity index (χ4v) is 2.32. The minimum atomic E-state index is -0.0494. The van der Waals surface area contributed by atoms with Gasteiger partial charge in [0.1, 0.15) is 0 Å². The molecule has 0 heterocycles. The molecule has 0 aromatic heterocycles. The first-order valence-electron chi connectivity index (χ1n) is 5.59. The monoisotopic (exact) mass is 259 g/mol. The van der Waals surface area contributed by atoms with Crippen LogP contribution in [0.3, 0.4) is 0 Å². The van der Waals surface area contributed by atoms with Gasteiger partial charge in [-0.2, -0.15) is 0 Å². The fourth-order valence-electron chi connectivity index (χ4n) is 1.38. The van der Waals surface area contributed by atoms with Gasteiger partial charge in [0, 0.05) is 10.5 Å². The van der Waals surface area contributed by atoms with E-state index in [1.54, 1.807) is 18.2 Å². The molecular formula is C15H17NOS. The second-order valence-electron chi connectivity index (χ2n) is 3.80. The van der Waals surface area contributed by atoms with Crippen molar-refractivity contribution in [2.45, 2.75) is 18.7 Å². The van der Waals surface area contributed by atoms with E-state index in [-0.39, 0.29) is 5.78 Å². The van der Waals surface area contributed by atoms with Crippen molar-refractivity contribution in [1.29, 1.82) is 0 Å². The second-order valence-corrected chi connectivity index (χ2v) is 4.88. The Morgan fingerprint density at radius 1 is 1.39 bits per heavy atom. The number of benzene rings is 1. The van der Waals surface area contributed by atoms with Crippen molar-refractivity contribution in [1.82, 2.24) is 0 Å². The summed E-state index contributed by atoms with van der Waals surface area (Å²) in [7, 11) is 0. The third-order valence-electron chi connectivity index (χ3n) is 2.36. The van der Waals surface area contributed by atoms with Gasteiger partial charge >= 0.3 is 0 Å². The van der Waals surface area contributed by atoms with Gasteiger partial charge in [-0.25, -0.2) is 0 Å². The molecule has 1 aromatic carbocycles. The van der Waals surface area contributed by atoms with Gasteiger partial charge in [0.2, 0.25) is 0 Å². The zero-order valence-electron chi connectivity index (χ0n) is 10.6. The lowest BCUT2D eigenvalue weighted by atomic mass is 10.2. The van der Waals surface area contributed by atoms with Gasteiger partial charge in [-0.05, 0) is 31.6 Å². The molecule has 0 fully saturated rings. The molecule has 94 valence electrons. The van der Waals surface area contributed by atoms with E-state index >= 15 is 0 Å². The number of nitrogens with two attached hydrogens (primary N) is 1. The molecular weight excluding hydrogens is 242 g/mol. The maximum absolute atomic E-state index is 11.5. The number of hydrogen-bond donors (Lipinski definition) is 1. The number of rotatable bonds is 5. The zero-order chi connectivity index (χ0) is 13.5. The number of ketones is 1. The Morgan fingerprint density at radius 3 is 2.61 bits per heavy atom. The Bertz CT molecular complexity index is 515. The molecule has 0 atom stereocenters. The van der Waals surface area contributed by atoms with Crippen molar-refractivity contribution in [2.75, 3.05) is 0 Å². The van der Waals surface area contributed by atoms with Crippen LogP contribution in [0.25, 0.3) is 0 Å². The number of carbonyl (C=O) groups excluding carboxylic acids is 1. The lowest BCUT2D eigenvalue weighted by Crippen LogP contribution is -2.04. The highest BCUT2D eigenvalue weighted by molar-refractivity contribution is 8.03. The Balaban J connectivity index is 3.06. The van der Waals surface area contributed by atoms with Crippen molar-refractivity contribution in [2.24, 2.45) is 5.73 Å². The van der Waals surface area contributed by atoms with E-state index in [0.717, 1.165) is 10.5 Å². The summed E-state index contributed by atoms with van der Waals surface area (Å²) in [6.45, 7) is 7.11. The molecule has 2 nitrogen and oxygen atoms in total. The van der Waals surface area contributed by atoms with Crippen LogP contribution in [0.4, 0.5) is 0 Å². The molecule has 0 saturated heterocycles. The van der Waals surface area contributed by atoms with Crippen LogP contribution in [0.1, 0.15) is 12.5 Å². The zero-order valence-corrected chi connectivity index (χ0v) is 11.5. The van der Waals surface area contributed by atoms with E-state index in [1.165, 1.54) is 18.7 Å². The van der Waals surface area contributed by atoms with Gasteiger partial charge in [0.05, 0.1) is 5.03 Å². The van der Waals surface area contributed by atoms with Crippen LogP contribution in [0.2, 0.25) is 0 Å². The summed E-state index contributed by atoms with van der Waals surface area (Å²) in [6, 6.07) is 7.93. The molecule has 0 amide bonds. The first kappa shape index (κ1) is 14.3. The topological polar surface area (TPSA) is 43.1 Å². The first-order chi connectivity index (χ1) is 8.56. The van der Waals surface area contributed by atoms with E-state index in [9.17, 15) is 4.79 Å². The molecule has 0 bridgehead atoms. The van der Waals surface area contributed by atoms with Gasteiger partial charge in [-0.15, -0.1) is 0 Å². The molecule has 0 saturated carbocycles. The highest BCUT2D eigenvalue weighted by Crippen LogP contribution is 2.28. The number of thioether (sulfide) groups is 1. The van der Waals surface area contributed by atoms with Crippen LogP contribution in [0, 0.1) is 6.92 Å². The van der Waals surface area contributed by atoms with E-state index in [0.29, 0.717) is 10.6 Å². The number of carbonyl (C=O) groups is 1. The predicted octanol–water partition coefficient (Wildman–Crippen LogP) is 3.59. The van der Waals surface area contributed by atoms with Crippen LogP contribution in [0.15, 0.2) is 64.6 Å². The Morgan fingerprint density at radius 2 is 2.06 bits per heavy atom. The minimum Gasteiger partial charge on any atom is -0.393 e. The molecule has 0 radical (unpaired) electrons. The molecule has 2 N–H and O–H groups in total.